The first-order valence-electron chi connectivity index (χ1n) is 6.33. The first kappa shape index (κ1) is 12.5. The Balaban J connectivity index is 1.91. The molecular weight excluding hydrogens is 214 g/mol. The van der Waals surface area contributed by atoms with E-state index in [1.807, 2.05) is 12.4 Å². The van der Waals surface area contributed by atoms with E-state index in [1.54, 1.807) is 0 Å². The summed E-state index contributed by atoms with van der Waals surface area (Å²) in [6, 6.07) is 0. The summed E-state index contributed by atoms with van der Waals surface area (Å²) in [5.74, 6) is 1.74. The summed E-state index contributed by atoms with van der Waals surface area (Å²) in [5, 5.41) is 9.10. The van der Waals surface area contributed by atoms with Crippen LogP contribution in [-0.4, -0.2) is 39.7 Å². The van der Waals surface area contributed by atoms with Gasteiger partial charge < -0.3 is 5.11 Å². The third-order valence-corrected chi connectivity index (χ3v) is 3.28. The molecule has 0 aliphatic carbocycles. The first-order chi connectivity index (χ1) is 8.19. The van der Waals surface area contributed by atoms with Crippen molar-refractivity contribution in [2.24, 2.45) is 5.92 Å². The van der Waals surface area contributed by atoms with E-state index in [9.17, 15) is 0 Å². The molecule has 1 atom stereocenters. The van der Waals surface area contributed by atoms with Gasteiger partial charge in [-0.15, -0.1) is 0 Å². The number of nitrogens with zero attached hydrogens (tertiary/aromatic N) is 3. The van der Waals surface area contributed by atoms with Crippen LogP contribution in [0.4, 0.5) is 0 Å². The van der Waals surface area contributed by atoms with Crippen molar-refractivity contribution in [1.82, 2.24) is 14.9 Å². The average molecular weight is 235 g/mol. The summed E-state index contributed by atoms with van der Waals surface area (Å²) in [6.45, 7) is 7.45. The van der Waals surface area contributed by atoms with Crippen LogP contribution >= 0.6 is 0 Å². The van der Waals surface area contributed by atoms with E-state index in [1.165, 1.54) is 0 Å². The van der Waals surface area contributed by atoms with E-state index in [0.29, 0.717) is 18.4 Å². The van der Waals surface area contributed by atoms with E-state index in [0.717, 1.165) is 37.4 Å². The topological polar surface area (TPSA) is 49.2 Å². The summed E-state index contributed by atoms with van der Waals surface area (Å²) < 4.78 is 0. The molecule has 2 heterocycles. The molecule has 0 aromatic carbocycles. The van der Waals surface area contributed by atoms with E-state index in [4.69, 9.17) is 5.11 Å². The Morgan fingerprint density at radius 1 is 1.41 bits per heavy atom. The summed E-state index contributed by atoms with van der Waals surface area (Å²) >= 11 is 0. The van der Waals surface area contributed by atoms with Crippen LogP contribution in [0.2, 0.25) is 0 Å². The fourth-order valence-corrected chi connectivity index (χ4v) is 2.21. The van der Waals surface area contributed by atoms with Crippen molar-refractivity contribution in [3.05, 3.63) is 23.8 Å². The molecular formula is C13H21N3O. The lowest BCUT2D eigenvalue weighted by molar-refractivity contribution is 0.220. The Morgan fingerprint density at radius 2 is 2.12 bits per heavy atom. The first-order valence-corrected chi connectivity index (χ1v) is 6.33. The summed E-state index contributed by atoms with van der Waals surface area (Å²) in [5.41, 5.74) is 1.16. The molecule has 4 nitrogen and oxygen atoms in total. The van der Waals surface area contributed by atoms with Crippen molar-refractivity contribution in [1.29, 1.82) is 0 Å². The molecule has 0 spiro atoms. The molecule has 1 aromatic heterocycles. The van der Waals surface area contributed by atoms with Gasteiger partial charge in [-0.2, -0.15) is 0 Å². The molecule has 0 radical (unpaired) electrons. The molecule has 1 aliphatic rings. The van der Waals surface area contributed by atoms with Crippen LogP contribution in [0.5, 0.6) is 0 Å². The molecule has 0 unspecified atom stereocenters. The highest BCUT2D eigenvalue weighted by atomic mass is 16.3. The SMILES string of the molecule is CC(C)c1ncc(CN2CC[C@H](CO)C2)cn1. The minimum atomic E-state index is 0.305. The zero-order chi connectivity index (χ0) is 12.3. The van der Waals surface area contributed by atoms with Gasteiger partial charge in [0.25, 0.3) is 0 Å². The molecule has 1 N–H and O–H groups in total. The van der Waals surface area contributed by atoms with Crippen molar-refractivity contribution in [2.45, 2.75) is 32.7 Å². The van der Waals surface area contributed by atoms with Crippen LogP contribution in [0.15, 0.2) is 12.4 Å². The number of likely N-dealkylation sites (tertiary alicyclic amines) is 1. The average Bonchev–Trinajstić information content (AvgIpc) is 2.77. The van der Waals surface area contributed by atoms with Crippen LogP contribution in [-0.2, 0) is 6.54 Å². The molecule has 0 saturated carbocycles. The Morgan fingerprint density at radius 3 is 2.65 bits per heavy atom. The van der Waals surface area contributed by atoms with Gasteiger partial charge in [-0.25, -0.2) is 9.97 Å². The molecule has 1 fully saturated rings. The number of rotatable bonds is 4. The maximum absolute atomic E-state index is 9.10. The summed E-state index contributed by atoms with van der Waals surface area (Å²) in [7, 11) is 0. The fourth-order valence-electron chi connectivity index (χ4n) is 2.21. The van der Waals surface area contributed by atoms with Crippen molar-refractivity contribution in [3.8, 4) is 0 Å². The third-order valence-electron chi connectivity index (χ3n) is 3.28. The molecule has 4 heteroatoms. The van der Waals surface area contributed by atoms with Gasteiger partial charge >= 0.3 is 0 Å². The maximum Gasteiger partial charge on any atom is 0.130 e. The predicted molar refractivity (Wildman–Crippen MR) is 66.6 cm³/mol. The summed E-state index contributed by atoms with van der Waals surface area (Å²) in [4.78, 5) is 11.1. The smallest absolute Gasteiger partial charge is 0.130 e. The molecule has 1 saturated heterocycles. The number of hydrogen-bond acceptors (Lipinski definition) is 4. The van der Waals surface area contributed by atoms with Crippen LogP contribution in [0.25, 0.3) is 0 Å². The highest BCUT2D eigenvalue weighted by Gasteiger charge is 2.21. The van der Waals surface area contributed by atoms with Gasteiger partial charge in [-0.05, 0) is 18.9 Å². The Labute approximate surface area is 103 Å². The van der Waals surface area contributed by atoms with Crippen LogP contribution in [0, 0.1) is 5.92 Å². The van der Waals surface area contributed by atoms with Gasteiger partial charge in [-0.1, -0.05) is 13.8 Å². The molecule has 2 rings (SSSR count). The van der Waals surface area contributed by atoms with Crippen molar-refractivity contribution < 1.29 is 5.11 Å². The third kappa shape index (κ3) is 3.23. The normalized spacial score (nSPS) is 21.3. The van der Waals surface area contributed by atoms with Gasteiger partial charge in [-0.3, -0.25) is 4.90 Å². The number of aliphatic hydroxyl groups excluding tert-OH is 1. The fraction of sp³-hybridized carbons (Fsp3) is 0.692. The second-order valence-corrected chi connectivity index (χ2v) is 5.18. The van der Waals surface area contributed by atoms with Gasteiger partial charge in [0, 0.05) is 43.6 Å². The Hall–Kier alpha value is -1.00. The molecule has 0 amide bonds. The van der Waals surface area contributed by atoms with Gasteiger partial charge in [0.1, 0.15) is 5.82 Å². The Kier molecular flexibility index (Phi) is 4.07. The lowest BCUT2D eigenvalue weighted by Crippen LogP contribution is -2.21. The van der Waals surface area contributed by atoms with Crippen molar-refractivity contribution in [3.63, 3.8) is 0 Å². The molecule has 17 heavy (non-hydrogen) atoms. The molecule has 1 aliphatic heterocycles. The van der Waals surface area contributed by atoms with E-state index in [2.05, 4.69) is 28.7 Å². The second kappa shape index (κ2) is 5.56. The van der Waals surface area contributed by atoms with Crippen LogP contribution in [0.3, 0.4) is 0 Å². The second-order valence-electron chi connectivity index (χ2n) is 5.18. The predicted octanol–water partition coefficient (Wildman–Crippen LogP) is 1.41. The number of hydrogen-bond donors (Lipinski definition) is 1. The standard InChI is InChI=1S/C13H21N3O/c1-10(2)13-14-5-12(6-15-13)8-16-4-3-11(7-16)9-17/h5-6,10-11,17H,3-4,7-9H2,1-2H3/t11-/m0/s1. The number of aromatic nitrogens is 2. The van der Waals surface area contributed by atoms with E-state index >= 15 is 0 Å². The van der Waals surface area contributed by atoms with Crippen molar-refractivity contribution >= 4 is 0 Å². The van der Waals surface area contributed by atoms with Crippen molar-refractivity contribution in [2.75, 3.05) is 19.7 Å². The highest BCUT2D eigenvalue weighted by molar-refractivity contribution is 5.07. The zero-order valence-corrected chi connectivity index (χ0v) is 10.6. The lowest BCUT2D eigenvalue weighted by atomic mass is 10.1. The van der Waals surface area contributed by atoms with Gasteiger partial charge in [0.2, 0.25) is 0 Å². The van der Waals surface area contributed by atoms with Gasteiger partial charge in [0.05, 0.1) is 0 Å². The minimum Gasteiger partial charge on any atom is -0.396 e. The largest absolute Gasteiger partial charge is 0.396 e. The van der Waals surface area contributed by atoms with Gasteiger partial charge in [0.15, 0.2) is 0 Å². The van der Waals surface area contributed by atoms with Crippen LogP contribution in [0.1, 0.15) is 37.6 Å². The van der Waals surface area contributed by atoms with Crippen LogP contribution < -0.4 is 0 Å². The molecule has 94 valence electrons. The quantitative estimate of drug-likeness (QED) is 0.857. The molecule has 1 aromatic rings. The minimum absolute atomic E-state index is 0.305. The summed E-state index contributed by atoms with van der Waals surface area (Å²) in [6.07, 6.45) is 4.95. The Bertz CT molecular complexity index is 350. The monoisotopic (exact) mass is 235 g/mol. The van der Waals surface area contributed by atoms with E-state index in [-0.39, 0.29) is 0 Å². The number of aliphatic hydroxyl groups is 1. The lowest BCUT2D eigenvalue weighted by Gasteiger charge is -2.15. The zero-order valence-electron chi connectivity index (χ0n) is 10.6. The molecule has 0 bridgehead atoms. The highest BCUT2D eigenvalue weighted by Crippen LogP contribution is 2.17. The maximum atomic E-state index is 9.10. The van der Waals surface area contributed by atoms with E-state index < -0.39 is 0 Å².